The summed E-state index contributed by atoms with van der Waals surface area (Å²) in [7, 11) is 1.48. The Kier molecular flexibility index (Phi) is 6.02. The van der Waals surface area contributed by atoms with Crippen LogP contribution in [0.1, 0.15) is 58.4 Å². The van der Waals surface area contributed by atoms with Crippen LogP contribution in [0, 0.1) is 11.6 Å². The highest BCUT2D eigenvalue weighted by atomic mass is 19.1. The fourth-order valence-corrected chi connectivity index (χ4v) is 4.27. The molecule has 0 spiro atoms. The number of benzene rings is 2. The number of rotatable bonds is 5. The molecule has 31 heavy (non-hydrogen) atoms. The van der Waals surface area contributed by atoms with E-state index >= 15 is 0 Å². The number of carbonyl (C=O) groups is 2. The van der Waals surface area contributed by atoms with Crippen LogP contribution >= 0.6 is 0 Å². The van der Waals surface area contributed by atoms with Crippen molar-refractivity contribution in [2.75, 3.05) is 7.05 Å². The van der Waals surface area contributed by atoms with Gasteiger partial charge in [0.25, 0.3) is 11.8 Å². The van der Waals surface area contributed by atoms with Gasteiger partial charge in [-0.25, -0.2) is 8.78 Å². The lowest BCUT2D eigenvalue weighted by Crippen LogP contribution is -2.36. The van der Waals surface area contributed by atoms with E-state index in [1.165, 1.54) is 31.7 Å². The van der Waals surface area contributed by atoms with Gasteiger partial charge in [-0.05, 0) is 37.1 Å². The summed E-state index contributed by atoms with van der Waals surface area (Å²) < 4.78 is 31.0. The van der Waals surface area contributed by atoms with Crippen molar-refractivity contribution >= 4 is 22.7 Å². The molecule has 0 atom stereocenters. The number of hydrogen-bond donors (Lipinski definition) is 2. The van der Waals surface area contributed by atoms with E-state index in [1.807, 2.05) is 0 Å². The Labute approximate surface area is 179 Å². The smallest absolute Gasteiger partial charge is 0.253 e. The van der Waals surface area contributed by atoms with Gasteiger partial charge in [0, 0.05) is 35.8 Å². The third-order valence-electron chi connectivity index (χ3n) is 5.92. The third kappa shape index (κ3) is 4.31. The van der Waals surface area contributed by atoms with Crippen LogP contribution in [-0.4, -0.2) is 29.5 Å². The predicted octanol–water partition coefficient (Wildman–Crippen LogP) is 4.39. The second-order valence-corrected chi connectivity index (χ2v) is 8.00. The van der Waals surface area contributed by atoms with E-state index in [1.54, 1.807) is 29.0 Å². The lowest BCUT2D eigenvalue weighted by Gasteiger charge is -2.22. The molecule has 2 aromatic carbocycles. The minimum absolute atomic E-state index is 0.0983. The molecule has 1 aromatic heterocycles. The Morgan fingerprint density at radius 3 is 2.52 bits per heavy atom. The van der Waals surface area contributed by atoms with Crippen molar-refractivity contribution in [2.45, 2.75) is 44.7 Å². The van der Waals surface area contributed by atoms with E-state index < -0.39 is 11.6 Å². The molecular formula is C24H25F2N3O2. The Hall–Kier alpha value is -3.22. The first-order chi connectivity index (χ1) is 15.0. The molecule has 4 rings (SSSR count). The Bertz CT molecular complexity index is 1130. The van der Waals surface area contributed by atoms with Crippen LogP contribution in [0.2, 0.25) is 0 Å². The van der Waals surface area contributed by atoms with Gasteiger partial charge in [-0.3, -0.25) is 9.59 Å². The maximum atomic E-state index is 14.7. The first-order valence-corrected chi connectivity index (χ1v) is 10.6. The topological polar surface area (TPSA) is 63.1 Å². The van der Waals surface area contributed by atoms with Gasteiger partial charge < -0.3 is 15.2 Å². The van der Waals surface area contributed by atoms with E-state index in [4.69, 9.17) is 0 Å². The largest absolute Gasteiger partial charge is 0.355 e. The molecule has 0 bridgehead atoms. The zero-order valence-corrected chi connectivity index (χ0v) is 17.4. The number of halogens is 2. The molecular weight excluding hydrogens is 400 g/mol. The van der Waals surface area contributed by atoms with Crippen LogP contribution in [0.5, 0.6) is 0 Å². The first kappa shape index (κ1) is 21.0. The lowest BCUT2D eigenvalue weighted by atomic mass is 9.95. The SMILES string of the molecule is CNC(=O)c1ccc(Cn2cc(C(=O)NC3CCCCC3)c3c(F)cccc32)c(F)c1. The molecule has 1 aliphatic carbocycles. The summed E-state index contributed by atoms with van der Waals surface area (Å²) in [5, 5.41) is 5.73. The zero-order valence-electron chi connectivity index (χ0n) is 17.4. The predicted molar refractivity (Wildman–Crippen MR) is 115 cm³/mol. The van der Waals surface area contributed by atoms with Crippen molar-refractivity contribution in [2.24, 2.45) is 0 Å². The maximum Gasteiger partial charge on any atom is 0.253 e. The van der Waals surface area contributed by atoms with Crippen molar-refractivity contribution in [3.8, 4) is 0 Å². The normalized spacial score (nSPS) is 14.5. The van der Waals surface area contributed by atoms with Crippen molar-refractivity contribution in [3.63, 3.8) is 0 Å². The molecule has 0 unspecified atom stereocenters. The monoisotopic (exact) mass is 425 g/mol. The molecule has 7 heteroatoms. The van der Waals surface area contributed by atoms with E-state index in [0.717, 1.165) is 25.7 Å². The molecule has 2 amide bonds. The van der Waals surface area contributed by atoms with Crippen LogP contribution in [-0.2, 0) is 6.54 Å². The van der Waals surface area contributed by atoms with Crippen LogP contribution in [0.3, 0.4) is 0 Å². The highest BCUT2D eigenvalue weighted by Crippen LogP contribution is 2.27. The van der Waals surface area contributed by atoms with E-state index in [2.05, 4.69) is 10.6 Å². The molecule has 1 heterocycles. The summed E-state index contributed by atoms with van der Waals surface area (Å²) >= 11 is 0. The molecule has 0 saturated heterocycles. The molecule has 1 saturated carbocycles. The highest BCUT2D eigenvalue weighted by Gasteiger charge is 2.22. The molecule has 1 fully saturated rings. The highest BCUT2D eigenvalue weighted by molar-refractivity contribution is 6.07. The number of nitrogens with one attached hydrogen (secondary N) is 2. The molecule has 3 aromatic rings. The quantitative estimate of drug-likeness (QED) is 0.637. The average molecular weight is 425 g/mol. The van der Waals surface area contributed by atoms with Gasteiger partial charge in [-0.15, -0.1) is 0 Å². The Morgan fingerprint density at radius 1 is 1.03 bits per heavy atom. The van der Waals surface area contributed by atoms with Crippen LogP contribution in [0.15, 0.2) is 42.6 Å². The van der Waals surface area contributed by atoms with Crippen molar-refractivity contribution in [3.05, 3.63) is 70.9 Å². The summed E-state index contributed by atoms with van der Waals surface area (Å²) in [5.41, 5.74) is 1.33. The fourth-order valence-electron chi connectivity index (χ4n) is 4.27. The second kappa shape index (κ2) is 8.88. The van der Waals surface area contributed by atoms with Gasteiger partial charge in [0.2, 0.25) is 0 Å². The van der Waals surface area contributed by atoms with Gasteiger partial charge >= 0.3 is 0 Å². The molecule has 0 radical (unpaired) electrons. The minimum atomic E-state index is -0.535. The summed E-state index contributed by atoms with van der Waals surface area (Å²) in [6.07, 6.45) is 6.76. The molecule has 0 aliphatic heterocycles. The van der Waals surface area contributed by atoms with Gasteiger partial charge in [0.1, 0.15) is 11.6 Å². The molecule has 5 nitrogen and oxygen atoms in total. The van der Waals surface area contributed by atoms with Crippen molar-refractivity contribution in [1.29, 1.82) is 0 Å². The van der Waals surface area contributed by atoms with Gasteiger partial charge in [0.05, 0.1) is 17.6 Å². The van der Waals surface area contributed by atoms with E-state index in [0.29, 0.717) is 11.1 Å². The molecule has 1 aliphatic rings. The first-order valence-electron chi connectivity index (χ1n) is 10.6. The standard InChI is InChI=1S/C24H25F2N3O2/c1-27-23(30)15-10-11-16(20(26)12-15)13-29-14-18(22-19(25)8-5-9-21(22)29)24(31)28-17-6-3-2-4-7-17/h5,8-12,14,17H,2-4,6-7,13H2,1H3,(H,27,30)(H,28,31). The lowest BCUT2D eigenvalue weighted by molar-refractivity contribution is 0.0927. The zero-order chi connectivity index (χ0) is 22.0. The average Bonchev–Trinajstić information content (AvgIpc) is 3.15. The minimum Gasteiger partial charge on any atom is -0.355 e. The van der Waals surface area contributed by atoms with E-state index in [9.17, 15) is 18.4 Å². The number of nitrogens with zero attached hydrogens (tertiary/aromatic N) is 1. The Morgan fingerprint density at radius 2 is 1.81 bits per heavy atom. The van der Waals surface area contributed by atoms with Crippen molar-refractivity contribution in [1.82, 2.24) is 15.2 Å². The maximum absolute atomic E-state index is 14.7. The number of carbonyl (C=O) groups excluding carboxylic acids is 2. The van der Waals surface area contributed by atoms with Crippen LogP contribution < -0.4 is 10.6 Å². The second-order valence-electron chi connectivity index (χ2n) is 8.00. The summed E-state index contributed by atoms with van der Waals surface area (Å²) in [6.45, 7) is 0.108. The Balaban J connectivity index is 1.67. The third-order valence-corrected chi connectivity index (χ3v) is 5.92. The van der Waals surface area contributed by atoms with Gasteiger partial charge in [0.15, 0.2) is 0 Å². The van der Waals surface area contributed by atoms with Gasteiger partial charge in [-0.1, -0.05) is 31.4 Å². The molecule has 2 N–H and O–H groups in total. The van der Waals surface area contributed by atoms with E-state index in [-0.39, 0.29) is 40.9 Å². The fraction of sp³-hybridized carbons (Fsp3) is 0.333. The number of fused-ring (bicyclic) bond motifs is 1. The number of amides is 2. The summed E-state index contributed by atoms with van der Waals surface area (Å²) in [4.78, 5) is 24.7. The van der Waals surface area contributed by atoms with Crippen molar-refractivity contribution < 1.29 is 18.4 Å². The molecule has 162 valence electrons. The number of hydrogen-bond acceptors (Lipinski definition) is 2. The van der Waals surface area contributed by atoms with Crippen LogP contribution in [0.25, 0.3) is 10.9 Å². The number of aromatic nitrogens is 1. The van der Waals surface area contributed by atoms with Gasteiger partial charge in [-0.2, -0.15) is 0 Å². The summed E-state index contributed by atoms with van der Waals surface area (Å²) in [5.74, 6) is -1.70. The van der Waals surface area contributed by atoms with Crippen LogP contribution in [0.4, 0.5) is 8.78 Å². The summed E-state index contributed by atoms with van der Waals surface area (Å²) in [6, 6.07) is 8.96.